The first-order valence-electron chi connectivity index (χ1n) is 6.97. The van der Waals surface area contributed by atoms with E-state index in [1.807, 2.05) is 6.07 Å². The second-order valence-corrected chi connectivity index (χ2v) is 5.24. The largest absolute Gasteiger partial charge is 0.416 e. The van der Waals surface area contributed by atoms with Crippen molar-refractivity contribution in [3.8, 4) is 6.07 Å². The van der Waals surface area contributed by atoms with Gasteiger partial charge in [0.05, 0.1) is 22.6 Å². The molecule has 0 bridgehead atoms. The van der Waals surface area contributed by atoms with Gasteiger partial charge in [0.2, 0.25) is 0 Å². The lowest BCUT2D eigenvalue weighted by Gasteiger charge is -2.11. The van der Waals surface area contributed by atoms with Crippen LogP contribution in [-0.4, -0.2) is 10.7 Å². The van der Waals surface area contributed by atoms with Crippen LogP contribution in [0.1, 0.15) is 23.2 Å². The Balaban J connectivity index is 2.09. The summed E-state index contributed by atoms with van der Waals surface area (Å²) in [5.41, 5.74) is 1.91. The van der Waals surface area contributed by atoms with Crippen LogP contribution in [0.25, 0.3) is 0 Å². The molecule has 0 atom stereocenters. The maximum absolute atomic E-state index is 12.9. The van der Waals surface area contributed by atoms with Gasteiger partial charge in [-0.05, 0) is 30.3 Å². The van der Waals surface area contributed by atoms with Gasteiger partial charge < -0.3 is 5.32 Å². The highest BCUT2D eigenvalue weighted by Crippen LogP contribution is 2.37. The van der Waals surface area contributed by atoms with E-state index in [1.165, 1.54) is 12.3 Å². The number of nitrogens with zero attached hydrogens (tertiary/aromatic N) is 3. The van der Waals surface area contributed by atoms with Crippen LogP contribution in [-0.2, 0) is 6.18 Å². The number of aromatic nitrogens is 1. The predicted molar refractivity (Wildman–Crippen MR) is 84.0 cm³/mol. The lowest BCUT2D eigenvalue weighted by Crippen LogP contribution is -2.07. The molecule has 0 amide bonds. The fraction of sp³-hybridized carbons (Fsp3) is 0.118. The summed E-state index contributed by atoms with van der Waals surface area (Å²) >= 11 is 0. The Morgan fingerprint density at radius 1 is 1.21 bits per heavy atom. The number of nitrogens with one attached hydrogen (secondary N) is 1. The Hall–Kier alpha value is -3.14. The van der Waals surface area contributed by atoms with Crippen LogP contribution in [0.2, 0.25) is 0 Å². The highest BCUT2D eigenvalue weighted by molar-refractivity contribution is 6.05. The molecule has 4 nitrogen and oxygen atoms in total. The van der Waals surface area contributed by atoms with Crippen molar-refractivity contribution in [1.82, 2.24) is 4.98 Å². The van der Waals surface area contributed by atoms with E-state index in [0.717, 1.165) is 12.1 Å². The first-order chi connectivity index (χ1) is 11.4. The smallest absolute Gasteiger partial charge is 0.357 e. The lowest BCUT2D eigenvalue weighted by atomic mass is 10.1. The van der Waals surface area contributed by atoms with Gasteiger partial charge in [0.25, 0.3) is 0 Å². The summed E-state index contributed by atoms with van der Waals surface area (Å²) in [6.45, 7) is 3.83. The Labute approximate surface area is 136 Å². The third-order valence-electron chi connectivity index (χ3n) is 3.48. The van der Waals surface area contributed by atoms with Crippen LogP contribution in [0.5, 0.6) is 0 Å². The number of anilines is 1. The Bertz CT molecular complexity index is 891. The monoisotopic (exact) mass is 328 g/mol. The molecule has 3 rings (SSSR count). The number of halogens is 3. The quantitative estimate of drug-likeness (QED) is 0.843. The van der Waals surface area contributed by atoms with Crippen LogP contribution in [0.3, 0.4) is 0 Å². The second kappa shape index (κ2) is 5.81. The van der Waals surface area contributed by atoms with Gasteiger partial charge in [-0.15, -0.1) is 0 Å². The van der Waals surface area contributed by atoms with Crippen molar-refractivity contribution >= 4 is 17.1 Å². The molecule has 1 N–H and O–H groups in total. The fourth-order valence-corrected chi connectivity index (χ4v) is 2.37. The summed E-state index contributed by atoms with van der Waals surface area (Å²) < 4.78 is 38.6. The summed E-state index contributed by atoms with van der Waals surface area (Å²) in [5, 5.41) is 11.8. The maximum Gasteiger partial charge on any atom is 0.416 e. The fourth-order valence-electron chi connectivity index (χ4n) is 2.37. The van der Waals surface area contributed by atoms with Gasteiger partial charge in [0, 0.05) is 23.9 Å². The number of aliphatic imine (C=N–C) groups is 1. The van der Waals surface area contributed by atoms with E-state index in [9.17, 15) is 13.2 Å². The van der Waals surface area contributed by atoms with Gasteiger partial charge in [-0.2, -0.15) is 18.4 Å². The van der Waals surface area contributed by atoms with Gasteiger partial charge >= 0.3 is 6.18 Å². The molecule has 24 heavy (non-hydrogen) atoms. The van der Waals surface area contributed by atoms with Crippen molar-refractivity contribution in [2.24, 2.45) is 4.99 Å². The van der Waals surface area contributed by atoms with Crippen LogP contribution < -0.4 is 5.32 Å². The molecule has 7 heteroatoms. The number of hydrogen-bond donors (Lipinski definition) is 1. The molecular weight excluding hydrogens is 317 g/mol. The normalized spacial score (nSPS) is 14.1. The predicted octanol–water partition coefficient (Wildman–Crippen LogP) is 4.42. The molecule has 0 spiro atoms. The van der Waals surface area contributed by atoms with Gasteiger partial charge in [-0.25, -0.2) is 4.98 Å². The van der Waals surface area contributed by atoms with Crippen LogP contribution in [0.15, 0.2) is 53.8 Å². The van der Waals surface area contributed by atoms with E-state index in [0.29, 0.717) is 29.1 Å². The minimum absolute atomic E-state index is 0.241. The average molecular weight is 328 g/mol. The number of allylic oxidation sites excluding steroid dienone is 1. The third-order valence-corrected chi connectivity index (χ3v) is 3.48. The van der Waals surface area contributed by atoms with E-state index in [4.69, 9.17) is 5.26 Å². The number of hydrogen-bond acceptors (Lipinski definition) is 4. The molecule has 2 aromatic rings. The summed E-state index contributed by atoms with van der Waals surface area (Å²) in [4.78, 5) is 8.35. The minimum atomic E-state index is -4.43. The number of alkyl halides is 3. The molecule has 0 saturated carbocycles. The van der Waals surface area contributed by atoms with Crippen molar-refractivity contribution in [2.45, 2.75) is 12.6 Å². The van der Waals surface area contributed by atoms with E-state index in [-0.39, 0.29) is 11.4 Å². The third kappa shape index (κ3) is 3.13. The number of benzene rings is 1. The number of nitriles is 1. The highest BCUT2D eigenvalue weighted by Gasteiger charge is 2.31. The molecular formula is C17H11F3N4. The second-order valence-electron chi connectivity index (χ2n) is 5.24. The zero-order valence-electron chi connectivity index (χ0n) is 12.4. The average Bonchev–Trinajstić information content (AvgIpc) is 2.71. The first-order valence-corrected chi connectivity index (χ1v) is 6.97. The van der Waals surface area contributed by atoms with Gasteiger partial charge in [0.1, 0.15) is 11.8 Å². The van der Waals surface area contributed by atoms with Gasteiger partial charge in [0.15, 0.2) is 0 Å². The molecule has 1 aliphatic heterocycles. The van der Waals surface area contributed by atoms with Gasteiger partial charge in [-0.3, -0.25) is 4.99 Å². The summed E-state index contributed by atoms with van der Waals surface area (Å²) in [6.07, 6.45) is -2.61. The number of rotatable bonds is 1. The maximum atomic E-state index is 12.9. The molecule has 0 radical (unpaired) electrons. The first kappa shape index (κ1) is 15.7. The topological polar surface area (TPSA) is 61.1 Å². The molecule has 2 heterocycles. The molecule has 1 aromatic carbocycles. The standard InChI is InChI=1S/C17H11F3N4/c1-10-6-15(11-4-5-22-13(7-11)9-21)24-14-3-2-12(17(18,19)20)8-16(14)23-10/h2-5,7-8,23H,1,6H2. The van der Waals surface area contributed by atoms with Crippen LogP contribution in [0, 0.1) is 11.3 Å². The lowest BCUT2D eigenvalue weighted by molar-refractivity contribution is -0.137. The molecule has 1 aromatic heterocycles. The minimum Gasteiger partial charge on any atom is -0.357 e. The Morgan fingerprint density at radius 2 is 2.00 bits per heavy atom. The molecule has 0 aliphatic carbocycles. The van der Waals surface area contributed by atoms with E-state index < -0.39 is 11.7 Å². The summed E-state index contributed by atoms with van der Waals surface area (Å²) in [5.74, 6) is 0. The molecule has 0 fully saturated rings. The summed E-state index contributed by atoms with van der Waals surface area (Å²) in [7, 11) is 0. The van der Waals surface area contributed by atoms with Crippen molar-refractivity contribution in [1.29, 1.82) is 5.26 Å². The van der Waals surface area contributed by atoms with Crippen molar-refractivity contribution < 1.29 is 13.2 Å². The van der Waals surface area contributed by atoms with Crippen LogP contribution >= 0.6 is 0 Å². The Morgan fingerprint density at radius 3 is 2.71 bits per heavy atom. The molecule has 0 unspecified atom stereocenters. The van der Waals surface area contributed by atoms with E-state index in [1.54, 1.807) is 12.1 Å². The SMILES string of the molecule is C=C1CC(c2ccnc(C#N)c2)=Nc2ccc(C(F)(F)F)cc2N1. The van der Waals surface area contributed by atoms with Crippen molar-refractivity contribution in [2.75, 3.05) is 5.32 Å². The van der Waals surface area contributed by atoms with Crippen LogP contribution in [0.4, 0.5) is 24.5 Å². The highest BCUT2D eigenvalue weighted by atomic mass is 19.4. The summed E-state index contributed by atoms with van der Waals surface area (Å²) in [6, 6.07) is 8.55. The molecule has 1 aliphatic rings. The zero-order chi connectivity index (χ0) is 17.3. The van der Waals surface area contributed by atoms with Crippen molar-refractivity contribution in [3.63, 3.8) is 0 Å². The molecule has 120 valence electrons. The zero-order valence-corrected chi connectivity index (χ0v) is 12.4. The molecule has 0 saturated heterocycles. The van der Waals surface area contributed by atoms with Crippen molar-refractivity contribution in [3.05, 3.63) is 65.6 Å². The van der Waals surface area contributed by atoms with Gasteiger partial charge in [-0.1, -0.05) is 6.58 Å². The van der Waals surface area contributed by atoms with E-state index in [2.05, 4.69) is 21.9 Å². The number of pyridine rings is 1. The number of fused-ring (bicyclic) bond motifs is 1. The van der Waals surface area contributed by atoms with E-state index >= 15 is 0 Å². The Kier molecular flexibility index (Phi) is 3.81.